The molecule has 3 rings (SSSR count). The summed E-state index contributed by atoms with van der Waals surface area (Å²) in [5.41, 5.74) is 1.59. The Balaban J connectivity index is 1.66. The van der Waals surface area contributed by atoms with Gasteiger partial charge in [0.25, 0.3) is 0 Å². The molecule has 0 saturated carbocycles. The Labute approximate surface area is 150 Å². The predicted molar refractivity (Wildman–Crippen MR) is 94.4 cm³/mol. The molecule has 1 aliphatic heterocycles. The second-order valence-corrected chi connectivity index (χ2v) is 7.04. The van der Waals surface area contributed by atoms with Crippen LogP contribution in [0.25, 0.3) is 0 Å². The summed E-state index contributed by atoms with van der Waals surface area (Å²) in [6, 6.07) is 3.55. The normalized spacial score (nSPS) is 13.9. The minimum Gasteiger partial charge on any atom is -0.476 e. The smallest absolute Gasteiger partial charge is 0.412 e. The van der Waals surface area contributed by atoms with Crippen LogP contribution in [0.1, 0.15) is 42.5 Å². The zero-order chi connectivity index (χ0) is 18.9. The molecule has 26 heavy (non-hydrogen) atoms. The SMILES string of the molecule is CC(C)(C)OC(=O)Nc1ccc(N2CCc3c(C(=O)O)n[nH]c3C2)nc1. The first-order chi connectivity index (χ1) is 12.2. The number of carbonyl (C=O) groups excluding carboxylic acids is 1. The number of amides is 1. The molecule has 3 N–H and O–H groups in total. The number of carboxylic acid groups (broad SMARTS) is 1. The van der Waals surface area contributed by atoms with Gasteiger partial charge in [-0.25, -0.2) is 14.6 Å². The van der Waals surface area contributed by atoms with Crippen molar-refractivity contribution in [1.29, 1.82) is 0 Å². The molecule has 0 unspecified atom stereocenters. The lowest BCUT2D eigenvalue weighted by Crippen LogP contribution is -2.31. The number of fused-ring (bicyclic) bond motifs is 1. The van der Waals surface area contributed by atoms with Gasteiger partial charge < -0.3 is 14.7 Å². The predicted octanol–water partition coefficient (Wildman–Crippen LogP) is 2.41. The van der Waals surface area contributed by atoms with Gasteiger partial charge in [0.2, 0.25) is 0 Å². The molecule has 0 atom stereocenters. The molecule has 3 heterocycles. The fourth-order valence-corrected chi connectivity index (χ4v) is 2.76. The molecule has 2 aromatic rings. The lowest BCUT2D eigenvalue weighted by Gasteiger charge is -2.27. The number of rotatable bonds is 3. The summed E-state index contributed by atoms with van der Waals surface area (Å²) >= 11 is 0. The van der Waals surface area contributed by atoms with E-state index in [0.29, 0.717) is 25.2 Å². The maximum Gasteiger partial charge on any atom is 0.412 e. The first-order valence-electron chi connectivity index (χ1n) is 8.23. The van der Waals surface area contributed by atoms with E-state index in [1.54, 1.807) is 39.1 Å². The summed E-state index contributed by atoms with van der Waals surface area (Å²) in [7, 11) is 0. The van der Waals surface area contributed by atoms with E-state index in [2.05, 4.69) is 20.5 Å². The van der Waals surface area contributed by atoms with Gasteiger partial charge in [0.15, 0.2) is 5.69 Å². The first-order valence-corrected chi connectivity index (χ1v) is 8.23. The van der Waals surface area contributed by atoms with E-state index in [-0.39, 0.29) is 5.69 Å². The van der Waals surface area contributed by atoms with Crippen molar-refractivity contribution < 1.29 is 19.4 Å². The van der Waals surface area contributed by atoms with Crippen molar-refractivity contribution in [2.75, 3.05) is 16.8 Å². The third-order valence-electron chi connectivity index (χ3n) is 3.85. The monoisotopic (exact) mass is 359 g/mol. The first kappa shape index (κ1) is 17.7. The molecule has 0 aliphatic carbocycles. The van der Waals surface area contributed by atoms with Crippen LogP contribution in [0.15, 0.2) is 18.3 Å². The molecule has 0 saturated heterocycles. The molecule has 138 valence electrons. The lowest BCUT2D eigenvalue weighted by atomic mass is 10.0. The number of aromatic amines is 1. The van der Waals surface area contributed by atoms with Crippen LogP contribution in [0.5, 0.6) is 0 Å². The summed E-state index contributed by atoms with van der Waals surface area (Å²) in [6.45, 7) is 6.53. The number of anilines is 2. The maximum atomic E-state index is 11.8. The number of aromatic carboxylic acids is 1. The van der Waals surface area contributed by atoms with E-state index in [1.807, 2.05) is 4.90 Å². The Bertz CT molecular complexity index is 823. The van der Waals surface area contributed by atoms with Crippen LogP contribution in [-0.2, 0) is 17.7 Å². The minimum absolute atomic E-state index is 0.0875. The molecule has 2 aromatic heterocycles. The van der Waals surface area contributed by atoms with Crippen LogP contribution in [-0.4, -0.2) is 44.5 Å². The van der Waals surface area contributed by atoms with E-state index in [9.17, 15) is 9.59 Å². The topological polar surface area (TPSA) is 120 Å². The Morgan fingerprint density at radius 1 is 1.35 bits per heavy atom. The molecule has 0 radical (unpaired) electrons. The highest BCUT2D eigenvalue weighted by Crippen LogP contribution is 2.24. The van der Waals surface area contributed by atoms with Gasteiger partial charge >= 0.3 is 12.1 Å². The minimum atomic E-state index is -1.02. The summed E-state index contributed by atoms with van der Waals surface area (Å²) in [5, 5.41) is 18.4. The standard InChI is InChI=1S/C17H21N5O4/c1-17(2,3)26-16(25)19-10-4-5-13(18-8-10)22-7-6-11-12(9-22)20-21-14(11)15(23)24/h4-5,8H,6-7,9H2,1-3H3,(H,19,25)(H,20,21)(H,23,24). The Morgan fingerprint density at radius 2 is 2.12 bits per heavy atom. The number of nitrogens with one attached hydrogen (secondary N) is 2. The molecule has 0 aromatic carbocycles. The summed E-state index contributed by atoms with van der Waals surface area (Å²) in [6.07, 6.45) is 1.60. The molecular formula is C17H21N5O4. The average Bonchev–Trinajstić information content (AvgIpc) is 2.97. The molecule has 1 amide bonds. The van der Waals surface area contributed by atoms with Crippen LogP contribution in [0.3, 0.4) is 0 Å². The number of ether oxygens (including phenoxy) is 1. The van der Waals surface area contributed by atoms with Crippen LogP contribution < -0.4 is 10.2 Å². The number of pyridine rings is 1. The van der Waals surface area contributed by atoms with Crippen molar-refractivity contribution in [2.45, 2.75) is 39.3 Å². The van der Waals surface area contributed by atoms with Gasteiger partial charge in [0.05, 0.1) is 24.1 Å². The molecular weight excluding hydrogens is 338 g/mol. The number of carbonyl (C=O) groups is 2. The number of hydrogen-bond acceptors (Lipinski definition) is 6. The third kappa shape index (κ3) is 3.93. The summed E-state index contributed by atoms with van der Waals surface area (Å²) in [4.78, 5) is 29.3. The Morgan fingerprint density at radius 3 is 2.73 bits per heavy atom. The highest BCUT2D eigenvalue weighted by atomic mass is 16.6. The van der Waals surface area contributed by atoms with E-state index in [0.717, 1.165) is 17.1 Å². The van der Waals surface area contributed by atoms with Crippen LogP contribution in [0.2, 0.25) is 0 Å². The van der Waals surface area contributed by atoms with Gasteiger partial charge in [0.1, 0.15) is 11.4 Å². The van der Waals surface area contributed by atoms with Crippen LogP contribution >= 0.6 is 0 Å². The van der Waals surface area contributed by atoms with E-state index in [1.165, 1.54) is 0 Å². The van der Waals surface area contributed by atoms with Crippen molar-refractivity contribution in [3.63, 3.8) is 0 Å². The van der Waals surface area contributed by atoms with Crippen molar-refractivity contribution in [2.24, 2.45) is 0 Å². The second-order valence-electron chi connectivity index (χ2n) is 7.04. The van der Waals surface area contributed by atoms with Gasteiger partial charge in [-0.3, -0.25) is 10.4 Å². The highest BCUT2D eigenvalue weighted by molar-refractivity contribution is 5.87. The van der Waals surface area contributed by atoms with Crippen LogP contribution in [0.4, 0.5) is 16.3 Å². The lowest BCUT2D eigenvalue weighted by molar-refractivity contribution is 0.0633. The van der Waals surface area contributed by atoms with Gasteiger partial charge in [0, 0.05) is 12.1 Å². The number of nitrogens with zero attached hydrogens (tertiary/aromatic N) is 3. The fourth-order valence-electron chi connectivity index (χ4n) is 2.76. The Kier molecular flexibility index (Phi) is 4.54. The zero-order valence-corrected chi connectivity index (χ0v) is 14.9. The molecule has 0 bridgehead atoms. The maximum absolute atomic E-state index is 11.8. The number of carboxylic acids is 1. The van der Waals surface area contributed by atoms with Crippen molar-refractivity contribution in [3.8, 4) is 0 Å². The van der Waals surface area contributed by atoms with Gasteiger partial charge in [-0.05, 0) is 39.3 Å². The quantitative estimate of drug-likeness (QED) is 0.769. The molecule has 9 nitrogen and oxygen atoms in total. The number of H-pyrrole nitrogens is 1. The van der Waals surface area contributed by atoms with E-state index >= 15 is 0 Å². The average molecular weight is 359 g/mol. The van der Waals surface area contributed by atoms with Crippen molar-refractivity contribution in [3.05, 3.63) is 35.3 Å². The summed E-state index contributed by atoms with van der Waals surface area (Å²) < 4.78 is 5.20. The van der Waals surface area contributed by atoms with Gasteiger partial charge in [-0.1, -0.05) is 0 Å². The molecule has 0 fully saturated rings. The highest BCUT2D eigenvalue weighted by Gasteiger charge is 2.25. The largest absolute Gasteiger partial charge is 0.476 e. The number of hydrogen-bond donors (Lipinski definition) is 3. The second kappa shape index (κ2) is 6.66. The van der Waals surface area contributed by atoms with Gasteiger partial charge in [-0.15, -0.1) is 0 Å². The number of aromatic nitrogens is 3. The third-order valence-corrected chi connectivity index (χ3v) is 3.85. The molecule has 1 aliphatic rings. The van der Waals surface area contributed by atoms with Crippen molar-refractivity contribution >= 4 is 23.6 Å². The molecule has 9 heteroatoms. The fraction of sp³-hybridized carbons (Fsp3) is 0.412. The zero-order valence-electron chi connectivity index (χ0n) is 14.9. The molecule has 0 spiro atoms. The summed E-state index contributed by atoms with van der Waals surface area (Å²) in [5.74, 6) is -0.288. The van der Waals surface area contributed by atoms with E-state index in [4.69, 9.17) is 9.84 Å². The van der Waals surface area contributed by atoms with Gasteiger partial charge in [-0.2, -0.15) is 5.10 Å². The Hall–Kier alpha value is -3.10. The van der Waals surface area contributed by atoms with E-state index < -0.39 is 17.7 Å². The van der Waals surface area contributed by atoms with Crippen molar-refractivity contribution in [1.82, 2.24) is 15.2 Å². The van der Waals surface area contributed by atoms with Crippen LogP contribution in [0, 0.1) is 0 Å².